The van der Waals surface area contributed by atoms with Gasteiger partial charge in [-0.2, -0.15) is 4.39 Å². The Morgan fingerprint density at radius 3 is 2.89 bits per heavy atom. The maximum Gasteiger partial charge on any atom is 0.260 e. The molecule has 0 atom stereocenters. The molecule has 6 heteroatoms. The summed E-state index contributed by atoms with van der Waals surface area (Å²) in [6.45, 7) is 0. The second-order valence-corrected chi connectivity index (χ2v) is 4.05. The zero-order valence-corrected chi connectivity index (χ0v) is 10.7. The van der Waals surface area contributed by atoms with Crippen LogP contribution in [0.2, 0.25) is 5.02 Å². The highest BCUT2D eigenvalue weighted by Crippen LogP contribution is 2.27. The Hall–Kier alpha value is -2.14. The van der Waals surface area contributed by atoms with E-state index in [0.29, 0.717) is 16.5 Å². The molecule has 98 valence electrons. The van der Waals surface area contributed by atoms with Gasteiger partial charge in [0.2, 0.25) is 5.95 Å². The maximum absolute atomic E-state index is 13.3. The number of hydrogen-bond acceptors (Lipinski definition) is 3. The number of amides is 1. The summed E-state index contributed by atoms with van der Waals surface area (Å²) < 4.78 is 18.4. The number of aromatic nitrogens is 1. The highest BCUT2D eigenvalue weighted by Gasteiger charge is 2.12. The van der Waals surface area contributed by atoms with Gasteiger partial charge in [0.1, 0.15) is 5.75 Å². The zero-order valence-electron chi connectivity index (χ0n) is 9.98. The van der Waals surface area contributed by atoms with Crippen LogP contribution in [0.25, 0.3) is 0 Å². The van der Waals surface area contributed by atoms with Crippen LogP contribution in [0, 0.1) is 5.95 Å². The molecule has 0 aliphatic heterocycles. The van der Waals surface area contributed by atoms with Gasteiger partial charge in [0.05, 0.1) is 17.7 Å². The van der Waals surface area contributed by atoms with E-state index in [0.717, 1.165) is 0 Å². The van der Waals surface area contributed by atoms with Crippen LogP contribution < -0.4 is 10.1 Å². The predicted molar refractivity (Wildman–Crippen MR) is 70.2 cm³/mol. The van der Waals surface area contributed by atoms with Crippen LogP contribution in [0.3, 0.4) is 0 Å². The lowest BCUT2D eigenvalue weighted by atomic mass is 10.2. The number of nitrogens with zero attached hydrogens (tertiary/aromatic N) is 1. The Morgan fingerprint density at radius 1 is 1.42 bits per heavy atom. The lowest BCUT2D eigenvalue weighted by Crippen LogP contribution is -2.14. The third-order valence-corrected chi connectivity index (χ3v) is 2.72. The van der Waals surface area contributed by atoms with Crippen molar-refractivity contribution in [2.75, 3.05) is 12.4 Å². The Kier molecular flexibility index (Phi) is 3.97. The van der Waals surface area contributed by atoms with E-state index in [2.05, 4.69) is 10.3 Å². The van der Waals surface area contributed by atoms with Gasteiger partial charge in [0, 0.05) is 18.0 Å². The Morgan fingerprint density at radius 2 is 2.21 bits per heavy atom. The summed E-state index contributed by atoms with van der Waals surface area (Å²) in [6, 6.07) is 7.56. The predicted octanol–water partition coefficient (Wildman–Crippen LogP) is 3.14. The van der Waals surface area contributed by atoms with Crippen LogP contribution >= 0.6 is 11.6 Å². The molecule has 0 aliphatic rings. The summed E-state index contributed by atoms with van der Waals surface area (Å²) in [5.41, 5.74) is 0.325. The summed E-state index contributed by atoms with van der Waals surface area (Å²) in [7, 11) is 1.47. The van der Waals surface area contributed by atoms with Gasteiger partial charge >= 0.3 is 0 Å². The van der Waals surface area contributed by atoms with Crippen LogP contribution in [-0.2, 0) is 0 Å². The van der Waals surface area contributed by atoms with Gasteiger partial charge in [-0.15, -0.1) is 0 Å². The summed E-state index contributed by atoms with van der Waals surface area (Å²) in [6.07, 6.45) is 1.28. The number of pyridine rings is 1. The van der Waals surface area contributed by atoms with Crippen molar-refractivity contribution in [1.82, 2.24) is 4.98 Å². The van der Waals surface area contributed by atoms with Gasteiger partial charge in [0.25, 0.3) is 5.91 Å². The number of rotatable bonds is 3. The topological polar surface area (TPSA) is 51.2 Å². The number of carbonyl (C=O) groups is 1. The zero-order chi connectivity index (χ0) is 13.8. The Labute approximate surface area is 114 Å². The van der Waals surface area contributed by atoms with Crippen molar-refractivity contribution in [3.63, 3.8) is 0 Å². The number of nitrogens with one attached hydrogen (secondary N) is 1. The summed E-state index contributed by atoms with van der Waals surface area (Å²) in [4.78, 5) is 15.3. The average molecular weight is 281 g/mol. The summed E-state index contributed by atoms with van der Waals surface area (Å²) in [5, 5.41) is 2.97. The van der Waals surface area contributed by atoms with Crippen molar-refractivity contribution < 1.29 is 13.9 Å². The molecule has 2 rings (SSSR count). The second kappa shape index (κ2) is 5.67. The van der Waals surface area contributed by atoms with Crippen LogP contribution in [0.5, 0.6) is 5.75 Å². The fraction of sp³-hybridized carbons (Fsp3) is 0.0769. The fourth-order valence-electron chi connectivity index (χ4n) is 1.49. The number of benzene rings is 1. The molecule has 0 fully saturated rings. The third-order valence-electron chi connectivity index (χ3n) is 2.41. The first-order chi connectivity index (χ1) is 9.11. The van der Waals surface area contributed by atoms with Crippen LogP contribution in [0.4, 0.5) is 10.1 Å². The van der Waals surface area contributed by atoms with Crippen LogP contribution in [-0.4, -0.2) is 18.0 Å². The van der Waals surface area contributed by atoms with Crippen molar-refractivity contribution in [3.8, 4) is 5.75 Å². The van der Waals surface area contributed by atoms with Gasteiger partial charge in [-0.1, -0.05) is 11.6 Å². The average Bonchev–Trinajstić information content (AvgIpc) is 2.41. The number of halogens is 2. The van der Waals surface area contributed by atoms with Crippen molar-refractivity contribution in [1.29, 1.82) is 0 Å². The standard InChI is InChI=1S/C13H10ClFN2O2/c1-19-11-7-8(4-5-10(11)14)17-13(18)9-3-2-6-16-12(9)15/h2-7H,1H3,(H,17,18). The highest BCUT2D eigenvalue weighted by atomic mass is 35.5. The lowest BCUT2D eigenvalue weighted by molar-refractivity contribution is 0.102. The van der Waals surface area contributed by atoms with Gasteiger partial charge in [0.15, 0.2) is 0 Å². The number of methoxy groups -OCH3 is 1. The molecule has 19 heavy (non-hydrogen) atoms. The molecule has 0 radical (unpaired) electrons. The first kappa shape index (κ1) is 13.3. The van der Waals surface area contributed by atoms with E-state index in [9.17, 15) is 9.18 Å². The summed E-state index contributed by atoms with van der Waals surface area (Å²) in [5.74, 6) is -0.984. The first-order valence-electron chi connectivity index (χ1n) is 5.37. The van der Waals surface area contributed by atoms with Gasteiger partial charge in [-0.3, -0.25) is 4.79 Å². The van der Waals surface area contributed by atoms with Gasteiger partial charge in [-0.25, -0.2) is 4.98 Å². The molecule has 0 spiro atoms. The molecule has 4 nitrogen and oxygen atoms in total. The number of carbonyl (C=O) groups excluding carboxylic acids is 1. The molecule has 0 saturated heterocycles. The molecule has 1 amide bonds. The minimum atomic E-state index is -0.819. The van der Waals surface area contributed by atoms with Crippen molar-refractivity contribution in [3.05, 3.63) is 53.1 Å². The highest BCUT2D eigenvalue weighted by molar-refractivity contribution is 6.32. The quantitative estimate of drug-likeness (QED) is 0.879. The van der Waals surface area contributed by atoms with E-state index < -0.39 is 11.9 Å². The van der Waals surface area contributed by atoms with E-state index in [-0.39, 0.29) is 5.56 Å². The fourth-order valence-corrected chi connectivity index (χ4v) is 1.69. The molecule has 0 saturated carbocycles. The normalized spacial score (nSPS) is 10.1. The van der Waals surface area contributed by atoms with Gasteiger partial charge < -0.3 is 10.1 Å². The van der Waals surface area contributed by atoms with Gasteiger partial charge in [-0.05, 0) is 24.3 Å². The number of anilines is 1. The van der Waals surface area contributed by atoms with E-state index in [1.165, 1.54) is 25.4 Å². The molecule has 1 heterocycles. The Bertz CT molecular complexity index is 619. The lowest BCUT2D eigenvalue weighted by Gasteiger charge is -2.08. The Balaban J connectivity index is 2.22. The minimum absolute atomic E-state index is 0.128. The first-order valence-corrected chi connectivity index (χ1v) is 5.75. The molecular formula is C13H10ClFN2O2. The summed E-state index contributed by atoms with van der Waals surface area (Å²) >= 11 is 5.87. The van der Waals surface area contributed by atoms with Crippen molar-refractivity contribution in [2.24, 2.45) is 0 Å². The van der Waals surface area contributed by atoms with Crippen molar-refractivity contribution >= 4 is 23.2 Å². The molecule has 0 unspecified atom stereocenters. The second-order valence-electron chi connectivity index (χ2n) is 3.65. The van der Waals surface area contributed by atoms with E-state index >= 15 is 0 Å². The van der Waals surface area contributed by atoms with E-state index in [4.69, 9.17) is 16.3 Å². The molecule has 0 aliphatic carbocycles. The molecule has 1 aromatic heterocycles. The largest absolute Gasteiger partial charge is 0.495 e. The van der Waals surface area contributed by atoms with Crippen LogP contribution in [0.1, 0.15) is 10.4 Å². The van der Waals surface area contributed by atoms with Crippen LogP contribution in [0.15, 0.2) is 36.5 Å². The van der Waals surface area contributed by atoms with Crippen molar-refractivity contribution in [2.45, 2.75) is 0 Å². The van der Waals surface area contributed by atoms with E-state index in [1.54, 1.807) is 18.2 Å². The molecule has 0 bridgehead atoms. The molecular weight excluding hydrogens is 271 g/mol. The monoisotopic (exact) mass is 280 g/mol. The SMILES string of the molecule is COc1cc(NC(=O)c2cccnc2F)ccc1Cl. The number of hydrogen-bond donors (Lipinski definition) is 1. The smallest absolute Gasteiger partial charge is 0.260 e. The minimum Gasteiger partial charge on any atom is -0.495 e. The third kappa shape index (κ3) is 3.00. The molecule has 1 N–H and O–H groups in total. The molecule has 1 aromatic carbocycles. The number of ether oxygens (including phenoxy) is 1. The molecule has 2 aromatic rings. The maximum atomic E-state index is 13.3. The van der Waals surface area contributed by atoms with E-state index in [1.807, 2.05) is 0 Å².